The summed E-state index contributed by atoms with van der Waals surface area (Å²) in [5.41, 5.74) is 1.63. The lowest BCUT2D eigenvalue weighted by Crippen LogP contribution is -2.51. The number of halogens is 2. The molecular formula is C23H28Cl2N2O3. The molecule has 0 aromatic heterocycles. The van der Waals surface area contributed by atoms with Crippen molar-refractivity contribution in [2.75, 3.05) is 6.61 Å². The van der Waals surface area contributed by atoms with E-state index in [4.69, 9.17) is 27.9 Å². The van der Waals surface area contributed by atoms with Crippen molar-refractivity contribution in [2.45, 2.75) is 52.7 Å². The second-order valence-corrected chi connectivity index (χ2v) is 8.23. The Kier molecular flexibility index (Phi) is 9.00. The Balaban J connectivity index is 2.28. The number of aryl methyl sites for hydroxylation is 1. The SMILES string of the molecule is CCC(C(=O)NC(C)C)N(Cc1c(Cl)cccc1Cl)C(=O)COc1cccc(C)c1. The van der Waals surface area contributed by atoms with Crippen LogP contribution in [0.1, 0.15) is 38.3 Å². The Bertz CT molecular complexity index is 866. The van der Waals surface area contributed by atoms with Crippen LogP contribution in [0.4, 0.5) is 0 Å². The third-order valence-corrected chi connectivity index (χ3v) is 5.27. The number of hydrogen-bond acceptors (Lipinski definition) is 3. The first-order valence-electron chi connectivity index (χ1n) is 9.95. The minimum Gasteiger partial charge on any atom is -0.484 e. The third-order valence-electron chi connectivity index (χ3n) is 4.56. The van der Waals surface area contributed by atoms with Gasteiger partial charge in [-0.2, -0.15) is 0 Å². The normalized spacial score (nSPS) is 11.8. The highest BCUT2D eigenvalue weighted by Crippen LogP contribution is 2.27. The molecule has 0 radical (unpaired) electrons. The molecule has 0 heterocycles. The van der Waals surface area contributed by atoms with E-state index in [-0.39, 0.29) is 31.0 Å². The van der Waals surface area contributed by atoms with Crippen LogP contribution in [0.15, 0.2) is 42.5 Å². The third kappa shape index (κ3) is 6.64. The highest BCUT2D eigenvalue weighted by Gasteiger charge is 2.30. The Morgan fingerprint density at radius 2 is 1.73 bits per heavy atom. The predicted molar refractivity (Wildman–Crippen MR) is 121 cm³/mol. The summed E-state index contributed by atoms with van der Waals surface area (Å²) in [6.45, 7) is 7.48. The van der Waals surface area contributed by atoms with Crippen molar-refractivity contribution in [3.05, 3.63) is 63.6 Å². The van der Waals surface area contributed by atoms with Crippen LogP contribution in [0.5, 0.6) is 5.75 Å². The van der Waals surface area contributed by atoms with E-state index < -0.39 is 6.04 Å². The summed E-state index contributed by atoms with van der Waals surface area (Å²) in [6, 6.07) is 11.9. The average molecular weight is 451 g/mol. The summed E-state index contributed by atoms with van der Waals surface area (Å²) in [5.74, 6) is 0.0524. The molecule has 0 aliphatic rings. The lowest BCUT2D eigenvalue weighted by molar-refractivity contribution is -0.143. The second-order valence-electron chi connectivity index (χ2n) is 7.41. The maximum atomic E-state index is 13.2. The smallest absolute Gasteiger partial charge is 0.261 e. The van der Waals surface area contributed by atoms with Crippen LogP contribution in [0.25, 0.3) is 0 Å². The van der Waals surface area contributed by atoms with Gasteiger partial charge in [0.1, 0.15) is 11.8 Å². The number of carbonyl (C=O) groups is 2. The van der Waals surface area contributed by atoms with Crippen LogP contribution >= 0.6 is 23.2 Å². The molecule has 2 amide bonds. The molecule has 5 nitrogen and oxygen atoms in total. The molecule has 0 aliphatic heterocycles. The van der Waals surface area contributed by atoms with Crippen molar-refractivity contribution in [3.63, 3.8) is 0 Å². The van der Waals surface area contributed by atoms with E-state index >= 15 is 0 Å². The fourth-order valence-electron chi connectivity index (χ4n) is 3.09. The number of carbonyl (C=O) groups excluding carboxylic acids is 2. The zero-order valence-corrected chi connectivity index (χ0v) is 19.3. The lowest BCUT2D eigenvalue weighted by atomic mass is 10.1. The fourth-order valence-corrected chi connectivity index (χ4v) is 3.60. The Hall–Kier alpha value is -2.24. The van der Waals surface area contributed by atoms with Gasteiger partial charge in [-0.3, -0.25) is 9.59 Å². The van der Waals surface area contributed by atoms with Gasteiger partial charge in [0.15, 0.2) is 6.61 Å². The van der Waals surface area contributed by atoms with Crippen LogP contribution in [0.2, 0.25) is 10.0 Å². The van der Waals surface area contributed by atoms with Gasteiger partial charge in [-0.25, -0.2) is 0 Å². The maximum Gasteiger partial charge on any atom is 0.261 e. The van der Waals surface area contributed by atoms with E-state index in [2.05, 4.69) is 5.32 Å². The zero-order chi connectivity index (χ0) is 22.3. The van der Waals surface area contributed by atoms with Crippen molar-refractivity contribution in [2.24, 2.45) is 0 Å². The maximum absolute atomic E-state index is 13.2. The summed E-state index contributed by atoms with van der Waals surface area (Å²) >= 11 is 12.7. The predicted octanol–water partition coefficient (Wildman–Crippen LogP) is 5.01. The van der Waals surface area contributed by atoms with Crippen molar-refractivity contribution >= 4 is 35.0 Å². The number of hydrogen-bond donors (Lipinski definition) is 1. The van der Waals surface area contributed by atoms with Gasteiger partial charge in [0, 0.05) is 28.2 Å². The molecule has 2 rings (SSSR count). The number of rotatable bonds is 9. The number of nitrogens with zero attached hydrogens (tertiary/aromatic N) is 1. The van der Waals surface area contributed by atoms with E-state index in [9.17, 15) is 9.59 Å². The molecular weight excluding hydrogens is 423 g/mol. The molecule has 0 fully saturated rings. The largest absolute Gasteiger partial charge is 0.484 e. The molecule has 0 saturated heterocycles. The van der Waals surface area contributed by atoms with Gasteiger partial charge in [-0.1, -0.05) is 48.3 Å². The lowest BCUT2D eigenvalue weighted by Gasteiger charge is -2.31. The van der Waals surface area contributed by atoms with Gasteiger partial charge in [0.2, 0.25) is 5.91 Å². The fraction of sp³-hybridized carbons (Fsp3) is 0.391. The monoisotopic (exact) mass is 450 g/mol. The Morgan fingerprint density at radius 3 is 2.30 bits per heavy atom. The highest BCUT2D eigenvalue weighted by atomic mass is 35.5. The molecule has 2 aromatic rings. The number of nitrogens with one attached hydrogen (secondary N) is 1. The van der Waals surface area contributed by atoms with Gasteiger partial charge >= 0.3 is 0 Å². The summed E-state index contributed by atoms with van der Waals surface area (Å²) < 4.78 is 5.69. The van der Waals surface area contributed by atoms with Crippen molar-refractivity contribution < 1.29 is 14.3 Å². The van der Waals surface area contributed by atoms with Crippen LogP contribution in [-0.4, -0.2) is 35.4 Å². The molecule has 162 valence electrons. The molecule has 7 heteroatoms. The highest BCUT2D eigenvalue weighted by molar-refractivity contribution is 6.36. The second kappa shape index (κ2) is 11.2. The van der Waals surface area contributed by atoms with Crippen molar-refractivity contribution in [1.82, 2.24) is 10.2 Å². The summed E-state index contributed by atoms with van der Waals surface area (Å²) in [6.07, 6.45) is 0.441. The van der Waals surface area contributed by atoms with Crippen molar-refractivity contribution in [1.29, 1.82) is 0 Å². The molecule has 1 atom stereocenters. The number of amides is 2. The molecule has 0 spiro atoms. The van der Waals surface area contributed by atoms with Gasteiger partial charge < -0.3 is 15.0 Å². The van der Waals surface area contributed by atoms with E-state index in [1.165, 1.54) is 4.90 Å². The minimum absolute atomic E-state index is 0.0454. The molecule has 0 aliphatic carbocycles. The summed E-state index contributed by atoms with van der Waals surface area (Å²) in [7, 11) is 0. The Morgan fingerprint density at radius 1 is 1.10 bits per heavy atom. The van der Waals surface area contributed by atoms with Gasteiger partial charge in [0.25, 0.3) is 5.91 Å². The molecule has 1 N–H and O–H groups in total. The van der Waals surface area contributed by atoms with Crippen molar-refractivity contribution in [3.8, 4) is 5.75 Å². The van der Waals surface area contributed by atoms with Gasteiger partial charge in [-0.15, -0.1) is 0 Å². The quantitative estimate of drug-likeness (QED) is 0.583. The molecule has 30 heavy (non-hydrogen) atoms. The van der Waals surface area contributed by atoms with E-state index in [1.54, 1.807) is 24.3 Å². The van der Waals surface area contributed by atoms with Gasteiger partial charge in [0.05, 0.1) is 0 Å². The number of benzene rings is 2. The summed E-state index contributed by atoms with van der Waals surface area (Å²) in [5, 5.41) is 3.77. The molecule has 0 bridgehead atoms. The standard InChI is InChI=1S/C23H28Cl2N2O3/c1-5-21(23(29)26-15(2)3)27(13-18-19(24)10-7-11-20(18)25)22(28)14-30-17-9-6-8-16(4)12-17/h6-12,15,21H,5,13-14H2,1-4H3,(H,26,29). The number of ether oxygens (including phenoxy) is 1. The van der Waals surface area contributed by atoms with Gasteiger partial charge in [-0.05, 0) is 57.0 Å². The van der Waals surface area contributed by atoms with Crippen LogP contribution in [-0.2, 0) is 16.1 Å². The molecule has 2 aromatic carbocycles. The first kappa shape index (κ1) is 24.0. The first-order valence-corrected chi connectivity index (χ1v) is 10.7. The molecule has 1 unspecified atom stereocenters. The van der Waals surface area contributed by atoms with Crippen LogP contribution in [0, 0.1) is 6.92 Å². The Labute approximate surface area is 188 Å². The zero-order valence-electron chi connectivity index (χ0n) is 17.7. The average Bonchev–Trinajstić information content (AvgIpc) is 2.67. The first-order chi connectivity index (χ1) is 14.2. The summed E-state index contributed by atoms with van der Waals surface area (Å²) in [4.78, 5) is 27.4. The van der Waals surface area contributed by atoms with Crippen LogP contribution < -0.4 is 10.1 Å². The van der Waals surface area contributed by atoms with Crippen LogP contribution in [0.3, 0.4) is 0 Å². The topological polar surface area (TPSA) is 58.6 Å². The van der Waals surface area contributed by atoms with E-state index in [0.29, 0.717) is 27.8 Å². The molecule has 0 saturated carbocycles. The van der Waals surface area contributed by atoms with E-state index in [1.807, 2.05) is 45.9 Å². The van der Waals surface area contributed by atoms with E-state index in [0.717, 1.165) is 5.56 Å². The minimum atomic E-state index is -0.673.